The van der Waals surface area contributed by atoms with E-state index in [1.165, 1.54) is 4.57 Å². The predicted octanol–water partition coefficient (Wildman–Crippen LogP) is 4.23. The van der Waals surface area contributed by atoms with Crippen LogP contribution in [0.2, 0.25) is 0 Å². The van der Waals surface area contributed by atoms with Gasteiger partial charge in [-0.2, -0.15) is 0 Å². The van der Waals surface area contributed by atoms with Crippen LogP contribution in [0.15, 0.2) is 39.8 Å². The van der Waals surface area contributed by atoms with E-state index in [9.17, 15) is 13.6 Å². The fourth-order valence-electron chi connectivity index (χ4n) is 4.76. The van der Waals surface area contributed by atoms with Gasteiger partial charge in [0.25, 0.3) is 11.5 Å². The lowest BCUT2D eigenvalue weighted by atomic mass is 10.0. The molecular formula is C25H29F2N3O4. The summed E-state index contributed by atoms with van der Waals surface area (Å²) >= 11 is 0. The van der Waals surface area contributed by atoms with Crippen molar-refractivity contribution < 1.29 is 22.7 Å². The second kappa shape index (κ2) is 9.46. The molecule has 2 aliphatic heterocycles. The molecule has 2 fully saturated rings. The van der Waals surface area contributed by atoms with E-state index in [4.69, 9.17) is 13.9 Å². The van der Waals surface area contributed by atoms with Gasteiger partial charge in [-0.1, -0.05) is 0 Å². The third kappa shape index (κ3) is 5.00. The van der Waals surface area contributed by atoms with Crippen LogP contribution in [0.5, 0.6) is 5.88 Å². The molecule has 0 unspecified atom stereocenters. The lowest BCUT2D eigenvalue weighted by Crippen LogP contribution is -2.41. The van der Waals surface area contributed by atoms with E-state index in [-0.39, 0.29) is 25.1 Å². The molecular weight excluding hydrogens is 444 g/mol. The molecule has 0 bridgehead atoms. The topological polar surface area (TPSA) is 69.7 Å². The van der Waals surface area contributed by atoms with Crippen molar-refractivity contribution in [3.05, 3.63) is 46.7 Å². The average Bonchev–Trinajstić information content (AvgIpc) is 3.24. The highest BCUT2D eigenvalue weighted by Gasteiger charge is 2.35. The molecule has 0 atom stereocenters. The Labute approximate surface area is 196 Å². The first-order valence-corrected chi connectivity index (χ1v) is 11.8. The first-order valence-electron chi connectivity index (χ1n) is 11.8. The molecule has 0 amide bonds. The monoisotopic (exact) mass is 473 g/mol. The molecule has 5 rings (SSSR count). The standard InChI is InChI=1S/C25H29F2N3O4/c1-29-14-21(18-3-7-28-22(11-18)33-15-17-4-9-32-10-5-17)23-20(24(29)31)12-19(34-23)13-30-8-2-6-25(26,27)16-30/h3,7,11-12,14,17H,2,4-6,8-10,13,15-16H2,1H3. The smallest absolute Gasteiger partial charge is 0.261 e. The molecule has 0 saturated carbocycles. The summed E-state index contributed by atoms with van der Waals surface area (Å²) in [5.41, 5.74) is 1.79. The van der Waals surface area contributed by atoms with E-state index < -0.39 is 5.92 Å². The van der Waals surface area contributed by atoms with Crippen molar-refractivity contribution in [1.29, 1.82) is 0 Å². The van der Waals surface area contributed by atoms with Gasteiger partial charge in [0.15, 0.2) is 0 Å². The van der Waals surface area contributed by atoms with Gasteiger partial charge < -0.3 is 18.5 Å². The molecule has 0 aromatic carbocycles. The molecule has 3 aromatic heterocycles. The predicted molar refractivity (Wildman–Crippen MR) is 123 cm³/mol. The van der Waals surface area contributed by atoms with Crippen LogP contribution in [0.1, 0.15) is 31.4 Å². The van der Waals surface area contributed by atoms with Crippen molar-refractivity contribution in [3.8, 4) is 17.0 Å². The molecule has 3 aromatic rings. The summed E-state index contributed by atoms with van der Waals surface area (Å²) < 4.78 is 46.6. The molecule has 9 heteroatoms. The number of hydrogen-bond donors (Lipinski definition) is 0. The van der Waals surface area contributed by atoms with Crippen LogP contribution in [0.3, 0.4) is 0 Å². The summed E-state index contributed by atoms with van der Waals surface area (Å²) in [6, 6.07) is 5.36. The Morgan fingerprint density at radius 2 is 2.09 bits per heavy atom. The molecule has 7 nitrogen and oxygen atoms in total. The van der Waals surface area contributed by atoms with Gasteiger partial charge in [0.05, 0.1) is 25.1 Å². The van der Waals surface area contributed by atoms with Crippen molar-refractivity contribution in [2.75, 3.05) is 32.9 Å². The van der Waals surface area contributed by atoms with E-state index in [2.05, 4.69) is 4.98 Å². The van der Waals surface area contributed by atoms with E-state index in [1.807, 2.05) is 12.1 Å². The summed E-state index contributed by atoms with van der Waals surface area (Å²) in [7, 11) is 1.69. The second-order valence-corrected chi connectivity index (χ2v) is 9.33. The largest absolute Gasteiger partial charge is 0.477 e. The number of aromatic nitrogens is 2. The fourth-order valence-corrected chi connectivity index (χ4v) is 4.76. The van der Waals surface area contributed by atoms with Gasteiger partial charge in [-0.15, -0.1) is 0 Å². The number of rotatable bonds is 6. The summed E-state index contributed by atoms with van der Waals surface area (Å²) in [5, 5.41) is 0.431. The second-order valence-electron chi connectivity index (χ2n) is 9.33. The number of hydrogen-bond acceptors (Lipinski definition) is 6. The number of halogens is 2. The SMILES string of the molecule is Cn1cc(-c2ccnc(OCC3CCOCC3)c2)c2oc(CN3CCCC(F)(F)C3)cc2c1=O. The van der Waals surface area contributed by atoms with Gasteiger partial charge in [0.2, 0.25) is 5.88 Å². The third-order valence-electron chi connectivity index (χ3n) is 6.61. The Bertz CT molecular complexity index is 1220. The number of ether oxygens (including phenoxy) is 2. The van der Waals surface area contributed by atoms with E-state index in [0.29, 0.717) is 48.1 Å². The van der Waals surface area contributed by atoms with Crippen molar-refractivity contribution in [2.24, 2.45) is 13.0 Å². The van der Waals surface area contributed by atoms with Crippen LogP contribution in [-0.4, -0.2) is 53.3 Å². The van der Waals surface area contributed by atoms with Crippen LogP contribution in [0.4, 0.5) is 8.78 Å². The highest BCUT2D eigenvalue weighted by molar-refractivity contribution is 5.92. The zero-order valence-electron chi connectivity index (χ0n) is 19.3. The number of piperidine rings is 1. The van der Waals surface area contributed by atoms with Gasteiger partial charge >= 0.3 is 0 Å². The minimum atomic E-state index is -2.69. The average molecular weight is 474 g/mol. The Morgan fingerprint density at radius 3 is 2.88 bits per heavy atom. The van der Waals surface area contributed by atoms with Gasteiger partial charge in [-0.3, -0.25) is 9.69 Å². The zero-order valence-corrected chi connectivity index (χ0v) is 19.3. The van der Waals surface area contributed by atoms with Gasteiger partial charge in [0, 0.05) is 50.7 Å². The number of pyridine rings is 2. The van der Waals surface area contributed by atoms with Crippen LogP contribution >= 0.6 is 0 Å². The maximum absolute atomic E-state index is 13.8. The normalized spacial score (nSPS) is 19.5. The Morgan fingerprint density at radius 1 is 1.26 bits per heavy atom. The fraction of sp³-hybridized carbons (Fsp3) is 0.520. The lowest BCUT2D eigenvalue weighted by Gasteiger charge is -2.31. The number of nitrogens with zero attached hydrogens (tertiary/aromatic N) is 3. The molecule has 34 heavy (non-hydrogen) atoms. The zero-order chi connectivity index (χ0) is 23.7. The molecule has 2 aliphatic rings. The van der Waals surface area contributed by atoms with Crippen molar-refractivity contribution in [3.63, 3.8) is 0 Å². The number of aryl methyl sites for hydroxylation is 1. The van der Waals surface area contributed by atoms with E-state index in [1.54, 1.807) is 30.4 Å². The number of alkyl halides is 2. The van der Waals surface area contributed by atoms with E-state index >= 15 is 0 Å². The molecule has 0 spiro atoms. The van der Waals surface area contributed by atoms with Gasteiger partial charge in [-0.25, -0.2) is 13.8 Å². The summed E-state index contributed by atoms with van der Waals surface area (Å²) in [6.45, 7) is 2.61. The summed E-state index contributed by atoms with van der Waals surface area (Å²) in [5.74, 6) is -1.24. The maximum Gasteiger partial charge on any atom is 0.261 e. The molecule has 5 heterocycles. The lowest BCUT2D eigenvalue weighted by molar-refractivity contribution is -0.0672. The molecule has 0 aliphatic carbocycles. The Balaban J connectivity index is 1.42. The van der Waals surface area contributed by atoms with Crippen molar-refractivity contribution in [1.82, 2.24) is 14.5 Å². The van der Waals surface area contributed by atoms with Gasteiger partial charge in [-0.05, 0) is 49.4 Å². The summed E-state index contributed by atoms with van der Waals surface area (Å²) in [4.78, 5) is 18.8. The molecule has 2 saturated heterocycles. The van der Waals surface area contributed by atoms with Crippen LogP contribution in [0.25, 0.3) is 22.1 Å². The van der Waals surface area contributed by atoms with Gasteiger partial charge in [0.1, 0.15) is 11.3 Å². The van der Waals surface area contributed by atoms with Crippen molar-refractivity contribution in [2.45, 2.75) is 38.2 Å². The van der Waals surface area contributed by atoms with E-state index in [0.717, 1.165) is 37.2 Å². The first-order chi connectivity index (χ1) is 16.4. The maximum atomic E-state index is 13.8. The quantitative estimate of drug-likeness (QED) is 0.534. The highest BCUT2D eigenvalue weighted by atomic mass is 19.3. The molecule has 182 valence electrons. The minimum absolute atomic E-state index is 0.0880. The minimum Gasteiger partial charge on any atom is -0.477 e. The van der Waals surface area contributed by atoms with Crippen LogP contribution < -0.4 is 10.3 Å². The summed E-state index contributed by atoms with van der Waals surface area (Å²) in [6.07, 6.45) is 5.69. The van der Waals surface area contributed by atoms with Crippen molar-refractivity contribution >= 4 is 11.0 Å². The first kappa shape index (κ1) is 23.0. The Kier molecular flexibility index (Phi) is 6.40. The number of furan rings is 1. The molecule has 0 radical (unpaired) electrons. The molecule has 0 N–H and O–H groups in total. The number of likely N-dealkylation sites (tertiary alicyclic amines) is 1. The van der Waals surface area contributed by atoms with Crippen LogP contribution in [-0.2, 0) is 18.3 Å². The Hall–Kier alpha value is -2.78. The number of fused-ring (bicyclic) bond motifs is 1. The third-order valence-corrected chi connectivity index (χ3v) is 6.61. The van der Waals surface area contributed by atoms with Crippen LogP contribution in [0, 0.1) is 5.92 Å². The highest BCUT2D eigenvalue weighted by Crippen LogP contribution is 2.32.